The van der Waals surface area contributed by atoms with Gasteiger partial charge in [-0.05, 0) is 32.6 Å². The standard InChI is InChI=1S/C9H17NO/c1-3-9-6-4-5-8(2)10(9)7-11/h7-9H,3-6H2,1-2H3. The van der Waals surface area contributed by atoms with Crippen molar-refractivity contribution in [3.05, 3.63) is 0 Å². The third-order valence-corrected chi connectivity index (χ3v) is 2.68. The SMILES string of the molecule is CCC1CCCC(C)N1C=O. The molecule has 1 rings (SSSR count). The average molecular weight is 155 g/mol. The van der Waals surface area contributed by atoms with Crippen LogP contribution in [0.1, 0.15) is 39.5 Å². The zero-order chi connectivity index (χ0) is 8.27. The van der Waals surface area contributed by atoms with Crippen LogP contribution in [0.25, 0.3) is 0 Å². The number of amides is 1. The highest BCUT2D eigenvalue weighted by atomic mass is 16.1. The van der Waals surface area contributed by atoms with Gasteiger partial charge in [0, 0.05) is 12.1 Å². The molecule has 0 aromatic heterocycles. The lowest BCUT2D eigenvalue weighted by Crippen LogP contribution is -2.43. The summed E-state index contributed by atoms with van der Waals surface area (Å²) in [5.74, 6) is 0. The van der Waals surface area contributed by atoms with E-state index in [9.17, 15) is 4.79 Å². The van der Waals surface area contributed by atoms with Gasteiger partial charge in [-0.2, -0.15) is 0 Å². The molecule has 1 amide bonds. The number of nitrogens with zero attached hydrogens (tertiary/aromatic N) is 1. The van der Waals surface area contributed by atoms with Crippen LogP contribution >= 0.6 is 0 Å². The van der Waals surface area contributed by atoms with Crippen molar-refractivity contribution < 1.29 is 4.79 Å². The molecule has 0 aromatic carbocycles. The highest BCUT2D eigenvalue weighted by molar-refractivity contribution is 5.48. The molecule has 11 heavy (non-hydrogen) atoms. The zero-order valence-corrected chi connectivity index (χ0v) is 7.42. The van der Waals surface area contributed by atoms with E-state index in [0.717, 1.165) is 12.8 Å². The van der Waals surface area contributed by atoms with Crippen LogP contribution < -0.4 is 0 Å². The number of hydrogen-bond acceptors (Lipinski definition) is 1. The van der Waals surface area contributed by atoms with Crippen molar-refractivity contribution in [2.45, 2.75) is 51.6 Å². The highest BCUT2D eigenvalue weighted by Crippen LogP contribution is 2.22. The molecule has 0 bridgehead atoms. The summed E-state index contributed by atoms with van der Waals surface area (Å²) in [6, 6.07) is 0.974. The summed E-state index contributed by atoms with van der Waals surface area (Å²) in [7, 11) is 0. The van der Waals surface area contributed by atoms with Crippen LogP contribution in [-0.2, 0) is 4.79 Å². The molecule has 0 N–H and O–H groups in total. The van der Waals surface area contributed by atoms with E-state index in [2.05, 4.69) is 13.8 Å². The van der Waals surface area contributed by atoms with E-state index in [-0.39, 0.29) is 0 Å². The first-order valence-corrected chi connectivity index (χ1v) is 4.52. The smallest absolute Gasteiger partial charge is 0.210 e. The van der Waals surface area contributed by atoms with Crippen molar-refractivity contribution in [3.8, 4) is 0 Å². The minimum Gasteiger partial charge on any atom is -0.340 e. The summed E-state index contributed by atoms with van der Waals surface area (Å²) in [6.45, 7) is 4.29. The Kier molecular flexibility index (Phi) is 2.92. The molecule has 1 aliphatic rings. The van der Waals surface area contributed by atoms with Gasteiger partial charge < -0.3 is 4.90 Å². The first kappa shape index (κ1) is 8.57. The lowest BCUT2D eigenvalue weighted by molar-refractivity contribution is -0.124. The number of carbonyl (C=O) groups is 1. The van der Waals surface area contributed by atoms with Gasteiger partial charge >= 0.3 is 0 Å². The maximum atomic E-state index is 10.7. The summed E-state index contributed by atoms with van der Waals surface area (Å²) < 4.78 is 0. The van der Waals surface area contributed by atoms with E-state index >= 15 is 0 Å². The molecular formula is C9H17NO. The summed E-state index contributed by atoms with van der Waals surface area (Å²) in [5.41, 5.74) is 0. The molecule has 0 spiro atoms. The monoisotopic (exact) mass is 155 g/mol. The lowest BCUT2D eigenvalue weighted by atomic mass is 9.96. The first-order valence-electron chi connectivity index (χ1n) is 4.52. The Balaban J connectivity index is 2.55. The molecule has 0 saturated carbocycles. The summed E-state index contributed by atoms with van der Waals surface area (Å²) >= 11 is 0. The van der Waals surface area contributed by atoms with Crippen LogP contribution in [0.4, 0.5) is 0 Å². The molecule has 1 aliphatic heterocycles. The maximum Gasteiger partial charge on any atom is 0.210 e. The summed E-state index contributed by atoms with van der Waals surface area (Å²) in [4.78, 5) is 12.6. The zero-order valence-electron chi connectivity index (χ0n) is 7.42. The summed E-state index contributed by atoms with van der Waals surface area (Å²) in [6.07, 6.45) is 5.76. The van der Waals surface area contributed by atoms with E-state index in [1.807, 2.05) is 4.90 Å². The Morgan fingerprint density at radius 1 is 1.55 bits per heavy atom. The fraction of sp³-hybridized carbons (Fsp3) is 0.889. The Labute approximate surface area is 68.6 Å². The van der Waals surface area contributed by atoms with E-state index in [1.165, 1.54) is 19.3 Å². The Bertz CT molecular complexity index is 136. The van der Waals surface area contributed by atoms with Gasteiger partial charge in [0.05, 0.1) is 0 Å². The largest absolute Gasteiger partial charge is 0.340 e. The van der Waals surface area contributed by atoms with E-state index in [1.54, 1.807) is 0 Å². The van der Waals surface area contributed by atoms with Crippen LogP contribution in [0.2, 0.25) is 0 Å². The number of likely N-dealkylation sites (tertiary alicyclic amines) is 1. The van der Waals surface area contributed by atoms with Crippen molar-refractivity contribution in [2.75, 3.05) is 0 Å². The molecule has 2 unspecified atom stereocenters. The fourth-order valence-electron chi connectivity index (χ4n) is 1.91. The molecular weight excluding hydrogens is 138 g/mol. The predicted molar refractivity (Wildman–Crippen MR) is 45.3 cm³/mol. The van der Waals surface area contributed by atoms with Gasteiger partial charge in [0.2, 0.25) is 6.41 Å². The fourth-order valence-corrected chi connectivity index (χ4v) is 1.91. The number of rotatable bonds is 2. The second-order valence-electron chi connectivity index (χ2n) is 3.39. The molecule has 0 aromatic rings. The minimum atomic E-state index is 0.464. The Hall–Kier alpha value is -0.530. The first-order chi connectivity index (χ1) is 5.29. The molecule has 1 fully saturated rings. The molecule has 1 heterocycles. The quantitative estimate of drug-likeness (QED) is 0.557. The van der Waals surface area contributed by atoms with Gasteiger partial charge in [-0.3, -0.25) is 4.79 Å². The third-order valence-electron chi connectivity index (χ3n) is 2.68. The van der Waals surface area contributed by atoms with Gasteiger partial charge in [-0.25, -0.2) is 0 Å². The Morgan fingerprint density at radius 2 is 2.27 bits per heavy atom. The van der Waals surface area contributed by atoms with Gasteiger partial charge in [-0.15, -0.1) is 0 Å². The third kappa shape index (κ3) is 1.73. The van der Waals surface area contributed by atoms with Crippen molar-refractivity contribution in [1.82, 2.24) is 4.90 Å². The normalized spacial score (nSPS) is 32.0. The molecule has 2 heteroatoms. The van der Waals surface area contributed by atoms with E-state index in [0.29, 0.717) is 12.1 Å². The minimum absolute atomic E-state index is 0.464. The second kappa shape index (κ2) is 3.74. The van der Waals surface area contributed by atoms with Gasteiger partial charge in [0.25, 0.3) is 0 Å². The topological polar surface area (TPSA) is 20.3 Å². The highest BCUT2D eigenvalue weighted by Gasteiger charge is 2.24. The van der Waals surface area contributed by atoms with Gasteiger partial charge in [-0.1, -0.05) is 6.92 Å². The van der Waals surface area contributed by atoms with Crippen LogP contribution in [0, 0.1) is 0 Å². The van der Waals surface area contributed by atoms with Crippen LogP contribution in [0.15, 0.2) is 0 Å². The number of piperidine rings is 1. The summed E-state index contributed by atoms with van der Waals surface area (Å²) in [5, 5.41) is 0. The van der Waals surface area contributed by atoms with Crippen molar-refractivity contribution in [3.63, 3.8) is 0 Å². The lowest BCUT2D eigenvalue weighted by Gasteiger charge is -2.37. The maximum absolute atomic E-state index is 10.7. The van der Waals surface area contributed by atoms with E-state index < -0.39 is 0 Å². The molecule has 64 valence electrons. The molecule has 0 radical (unpaired) electrons. The number of hydrogen-bond donors (Lipinski definition) is 0. The average Bonchev–Trinajstić information content (AvgIpc) is 2.04. The van der Waals surface area contributed by atoms with E-state index in [4.69, 9.17) is 0 Å². The van der Waals surface area contributed by atoms with Crippen molar-refractivity contribution in [1.29, 1.82) is 0 Å². The number of carbonyl (C=O) groups excluding carboxylic acids is 1. The predicted octanol–water partition coefficient (Wildman–Crippen LogP) is 1.80. The van der Waals surface area contributed by atoms with Gasteiger partial charge in [0.15, 0.2) is 0 Å². The van der Waals surface area contributed by atoms with Crippen LogP contribution in [-0.4, -0.2) is 23.4 Å². The molecule has 2 nitrogen and oxygen atoms in total. The Morgan fingerprint density at radius 3 is 2.73 bits per heavy atom. The van der Waals surface area contributed by atoms with Crippen LogP contribution in [0.3, 0.4) is 0 Å². The molecule has 2 atom stereocenters. The molecule has 1 saturated heterocycles. The van der Waals surface area contributed by atoms with Crippen LogP contribution in [0.5, 0.6) is 0 Å². The van der Waals surface area contributed by atoms with Crippen molar-refractivity contribution >= 4 is 6.41 Å². The van der Waals surface area contributed by atoms with Gasteiger partial charge in [0.1, 0.15) is 0 Å². The molecule has 0 aliphatic carbocycles. The van der Waals surface area contributed by atoms with Crippen molar-refractivity contribution in [2.24, 2.45) is 0 Å². The second-order valence-corrected chi connectivity index (χ2v) is 3.39.